The number of hydrogen-bond acceptors (Lipinski definition) is 4. The van der Waals surface area contributed by atoms with Crippen LogP contribution in [-0.4, -0.2) is 57.1 Å². The van der Waals surface area contributed by atoms with Crippen molar-refractivity contribution in [1.82, 2.24) is 15.1 Å². The van der Waals surface area contributed by atoms with Crippen LogP contribution in [0.2, 0.25) is 0 Å². The number of likely N-dealkylation sites (tertiary alicyclic amines) is 1. The van der Waals surface area contributed by atoms with Crippen molar-refractivity contribution in [3.63, 3.8) is 0 Å². The van der Waals surface area contributed by atoms with Crippen LogP contribution >= 0.6 is 48.6 Å². The molecular formula is C14H28Cl3N3S. The van der Waals surface area contributed by atoms with Crippen LogP contribution in [0.25, 0.3) is 0 Å². The number of nitrogens with zero attached hydrogens (tertiary/aromatic N) is 2. The van der Waals surface area contributed by atoms with Gasteiger partial charge >= 0.3 is 0 Å². The van der Waals surface area contributed by atoms with Gasteiger partial charge in [0.1, 0.15) is 0 Å². The van der Waals surface area contributed by atoms with E-state index < -0.39 is 0 Å². The molecule has 1 saturated heterocycles. The summed E-state index contributed by atoms with van der Waals surface area (Å²) in [6.45, 7) is 4.67. The lowest BCUT2D eigenvalue weighted by molar-refractivity contribution is 0.0574. The Balaban J connectivity index is 0. The average Bonchev–Trinajstić information content (AvgIpc) is 2.91. The maximum atomic E-state index is 3.24. The van der Waals surface area contributed by atoms with E-state index in [9.17, 15) is 0 Å². The van der Waals surface area contributed by atoms with Crippen LogP contribution < -0.4 is 5.32 Å². The Kier molecular flexibility index (Phi) is 12.5. The summed E-state index contributed by atoms with van der Waals surface area (Å²) in [6.07, 6.45) is 2.48. The van der Waals surface area contributed by atoms with E-state index in [0.717, 1.165) is 6.54 Å². The summed E-state index contributed by atoms with van der Waals surface area (Å²) >= 11 is 1.90. The molecular weight excluding hydrogens is 349 g/mol. The molecule has 1 N–H and O–H groups in total. The standard InChI is InChI=1S/C14H25N3S.3ClH/c1-15-8-11-17-9-6-14(7-10-17,16(2)3)13-5-4-12-18-13;;;/h4-5,12,15H,6-11H2,1-3H3;3*1H. The molecule has 0 saturated carbocycles. The third kappa shape index (κ3) is 5.54. The Morgan fingerprint density at radius 1 is 1.24 bits per heavy atom. The molecule has 1 aliphatic heterocycles. The molecule has 7 heteroatoms. The van der Waals surface area contributed by atoms with Crippen molar-refractivity contribution >= 4 is 48.6 Å². The molecule has 1 aromatic heterocycles. The lowest BCUT2D eigenvalue weighted by Gasteiger charge is -2.45. The summed E-state index contributed by atoms with van der Waals surface area (Å²) in [4.78, 5) is 6.53. The van der Waals surface area contributed by atoms with E-state index >= 15 is 0 Å². The second-order valence-electron chi connectivity index (χ2n) is 5.35. The highest BCUT2D eigenvalue weighted by Gasteiger charge is 2.38. The highest BCUT2D eigenvalue weighted by atomic mass is 35.5. The van der Waals surface area contributed by atoms with E-state index in [2.05, 4.69) is 46.7 Å². The van der Waals surface area contributed by atoms with Gasteiger partial charge in [0.05, 0.1) is 5.54 Å². The molecule has 0 unspecified atom stereocenters. The molecule has 2 rings (SSSR count). The van der Waals surface area contributed by atoms with Crippen molar-refractivity contribution in [2.45, 2.75) is 18.4 Å². The van der Waals surface area contributed by atoms with Gasteiger partial charge < -0.3 is 10.2 Å². The number of nitrogens with one attached hydrogen (secondary N) is 1. The topological polar surface area (TPSA) is 18.5 Å². The first kappa shape index (κ1) is 23.7. The first-order chi connectivity index (χ1) is 8.69. The molecule has 0 aliphatic carbocycles. The van der Waals surface area contributed by atoms with Crippen LogP contribution in [0.4, 0.5) is 0 Å². The summed E-state index contributed by atoms with van der Waals surface area (Å²) in [5.41, 5.74) is 0.268. The average molecular weight is 377 g/mol. The van der Waals surface area contributed by atoms with Gasteiger partial charge in [-0.1, -0.05) is 6.07 Å². The van der Waals surface area contributed by atoms with Gasteiger partial charge in [-0.15, -0.1) is 48.6 Å². The fourth-order valence-electron chi connectivity index (χ4n) is 2.87. The summed E-state index contributed by atoms with van der Waals surface area (Å²) < 4.78 is 0. The normalized spacial score (nSPS) is 17.5. The second-order valence-corrected chi connectivity index (χ2v) is 6.30. The molecule has 0 atom stereocenters. The molecule has 1 aromatic rings. The number of likely N-dealkylation sites (N-methyl/N-ethyl adjacent to an activating group) is 1. The number of rotatable bonds is 5. The summed E-state index contributed by atoms with van der Waals surface area (Å²) in [6, 6.07) is 4.48. The zero-order valence-corrected chi connectivity index (χ0v) is 16.3. The molecule has 0 spiro atoms. The smallest absolute Gasteiger partial charge is 0.0573 e. The van der Waals surface area contributed by atoms with Crippen molar-refractivity contribution in [2.24, 2.45) is 0 Å². The van der Waals surface area contributed by atoms with Crippen molar-refractivity contribution in [3.05, 3.63) is 22.4 Å². The van der Waals surface area contributed by atoms with E-state index in [1.54, 1.807) is 0 Å². The zero-order valence-electron chi connectivity index (χ0n) is 13.0. The van der Waals surface area contributed by atoms with Crippen LogP contribution in [0.3, 0.4) is 0 Å². The first-order valence-electron chi connectivity index (χ1n) is 6.77. The maximum Gasteiger partial charge on any atom is 0.0573 e. The second kappa shape index (κ2) is 11.1. The minimum absolute atomic E-state index is 0. The lowest BCUT2D eigenvalue weighted by Crippen LogP contribution is -2.50. The Bertz CT molecular complexity index is 352. The van der Waals surface area contributed by atoms with Crippen molar-refractivity contribution < 1.29 is 0 Å². The van der Waals surface area contributed by atoms with Gasteiger partial charge in [-0.2, -0.15) is 0 Å². The Morgan fingerprint density at radius 2 is 1.86 bits per heavy atom. The number of hydrogen-bond donors (Lipinski definition) is 1. The molecule has 1 aliphatic rings. The fourth-order valence-corrected chi connectivity index (χ4v) is 3.94. The summed E-state index contributed by atoms with van der Waals surface area (Å²) in [5.74, 6) is 0. The van der Waals surface area contributed by atoms with Crippen LogP contribution in [0.5, 0.6) is 0 Å². The Morgan fingerprint density at radius 3 is 2.29 bits per heavy atom. The third-order valence-corrected chi connectivity index (χ3v) is 5.26. The molecule has 0 bridgehead atoms. The highest BCUT2D eigenvalue weighted by molar-refractivity contribution is 7.10. The monoisotopic (exact) mass is 375 g/mol. The summed E-state index contributed by atoms with van der Waals surface area (Å²) in [5, 5.41) is 5.44. The molecule has 0 radical (unpaired) electrons. The largest absolute Gasteiger partial charge is 0.318 e. The van der Waals surface area contributed by atoms with Gasteiger partial charge in [0.25, 0.3) is 0 Å². The number of thiophene rings is 1. The fraction of sp³-hybridized carbons (Fsp3) is 0.714. The highest BCUT2D eigenvalue weighted by Crippen LogP contribution is 2.39. The Labute approximate surface area is 151 Å². The third-order valence-electron chi connectivity index (χ3n) is 4.20. The van der Waals surface area contributed by atoms with E-state index in [1.165, 1.54) is 37.4 Å². The predicted molar refractivity (Wildman–Crippen MR) is 101 cm³/mol. The molecule has 21 heavy (non-hydrogen) atoms. The van der Waals surface area contributed by atoms with Gasteiger partial charge in [-0.05, 0) is 45.4 Å². The SMILES string of the molecule is CNCCN1CCC(c2cccs2)(N(C)C)CC1.Cl.Cl.Cl. The van der Waals surface area contributed by atoms with Gasteiger partial charge in [-0.25, -0.2) is 0 Å². The first-order valence-corrected chi connectivity index (χ1v) is 7.65. The minimum atomic E-state index is 0. The zero-order chi connectivity index (χ0) is 13.0. The van der Waals surface area contributed by atoms with Gasteiger partial charge in [0.2, 0.25) is 0 Å². The van der Waals surface area contributed by atoms with E-state index in [-0.39, 0.29) is 42.8 Å². The van der Waals surface area contributed by atoms with Crippen molar-refractivity contribution in [2.75, 3.05) is 47.3 Å². The van der Waals surface area contributed by atoms with Crippen LogP contribution in [0.15, 0.2) is 17.5 Å². The molecule has 3 nitrogen and oxygen atoms in total. The van der Waals surface area contributed by atoms with Crippen LogP contribution in [0, 0.1) is 0 Å². The van der Waals surface area contributed by atoms with Crippen LogP contribution in [-0.2, 0) is 5.54 Å². The minimum Gasteiger partial charge on any atom is -0.318 e. The predicted octanol–water partition coefficient (Wildman–Crippen LogP) is 3.09. The molecule has 126 valence electrons. The van der Waals surface area contributed by atoms with Gasteiger partial charge in [0.15, 0.2) is 0 Å². The lowest BCUT2D eigenvalue weighted by atomic mass is 9.84. The van der Waals surface area contributed by atoms with Gasteiger partial charge in [0, 0.05) is 31.1 Å². The van der Waals surface area contributed by atoms with Gasteiger partial charge in [-0.3, -0.25) is 4.90 Å². The quantitative estimate of drug-likeness (QED) is 0.852. The van der Waals surface area contributed by atoms with E-state index in [0.29, 0.717) is 0 Å². The number of piperidine rings is 1. The molecule has 0 aromatic carbocycles. The molecule has 1 fully saturated rings. The van der Waals surface area contributed by atoms with E-state index in [4.69, 9.17) is 0 Å². The molecule has 0 amide bonds. The number of halogens is 3. The maximum absolute atomic E-state index is 3.24. The summed E-state index contributed by atoms with van der Waals surface area (Å²) in [7, 11) is 6.48. The van der Waals surface area contributed by atoms with Crippen molar-refractivity contribution in [3.8, 4) is 0 Å². The van der Waals surface area contributed by atoms with E-state index in [1.807, 2.05) is 18.4 Å². The van der Waals surface area contributed by atoms with Crippen molar-refractivity contribution in [1.29, 1.82) is 0 Å². The molecule has 2 heterocycles. The Hall–Kier alpha value is 0.450. The van der Waals surface area contributed by atoms with Crippen LogP contribution in [0.1, 0.15) is 17.7 Å².